The van der Waals surface area contributed by atoms with E-state index in [1.54, 1.807) is 0 Å². The fourth-order valence-corrected chi connectivity index (χ4v) is 2.34. The standard InChI is InChI=1S/C16H26O4.H2/c1-5-6-7-8-11-9-13(11)20-14(17)10-12(15(18)19)16(2,3)4;/h5,11-13H,1,6-10H2,2-4H3,(H,18,19);1H/t11-,12-,13-;/m1./s1/i;1+1. The molecule has 0 aromatic rings. The molecule has 0 spiro atoms. The first kappa shape index (κ1) is 16.7. The zero-order valence-corrected chi connectivity index (χ0v) is 12.7. The second-order valence-electron chi connectivity index (χ2n) is 6.70. The highest BCUT2D eigenvalue weighted by molar-refractivity contribution is 5.79. The molecule has 0 aromatic heterocycles. The van der Waals surface area contributed by atoms with E-state index >= 15 is 0 Å². The minimum absolute atomic E-state index is 0. The molecule has 0 heterocycles. The lowest BCUT2D eigenvalue weighted by molar-refractivity contribution is -0.156. The number of unbranched alkanes of at least 4 members (excludes halogenated alkanes) is 1. The minimum Gasteiger partial charge on any atom is -0.481 e. The molecule has 0 saturated heterocycles. The number of carboxylic acid groups (broad SMARTS) is 1. The van der Waals surface area contributed by atoms with Gasteiger partial charge in [0.1, 0.15) is 6.10 Å². The van der Waals surface area contributed by atoms with E-state index < -0.39 is 17.3 Å². The molecule has 0 amide bonds. The SMILES string of the molecule is C=CCCC[C@@H]1C[C@H]1OC(=O)C[C@H](C(=O)O)C(C)(C)C.[2HH]. The Labute approximate surface area is 122 Å². The van der Waals surface area contributed by atoms with E-state index in [-0.39, 0.29) is 19.9 Å². The third kappa shape index (κ3) is 5.35. The van der Waals surface area contributed by atoms with E-state index in [9.17, 15) is 14.7 Å². The molecule has 1 saturated carbocycles. The van der Waals surface area contributed by atoms with Gasteiger partial charge in [-0.25, -0.2) is 0 Å². The fraction of sp³-hybridized carbons (Fsp3) is 0.750. The van der Waals surface area contributed by atoms with Crippen LogP contribution in [-0.2, 0) is 14.3 Å². The third-order valence-corrected chi connectivity index (χ3v) is 3.84. The van der Waals surface area contributed by atoms with Gasteiger partial charge in [0, 0.05) is 1.43 Å². The Hall–Kier alpha value is -1.32. The van der Waals surface area contributed by atoms with Gasteiger partial charge in [-0.2, -0.15) is 0 Å². The summed E-state index contributed by atoms with van der Waals surface area (Å²) in [5.41, 5.74) is -0.447. The quantitative estimate of drug-likeness (QED) is 0.420. The fourth-order valence-electron chi connectivity index (χ4n) is 2.34. The Balaban J connectivity index is 0.00000400. The van der Waals surface area contributed by atoms with Gasteiger partial charge in [0.05, 0.1) is 12.3 Å². The predicted octanol–water partition coefficient (Wildman–Crippen LogP) is 3.66. The number of carbonyl (C=O) groups excluding carboxylic acids is 1. The zero-order valence-electron chi connectivity index (χ0n) is 12.7. The van der Waals surface area contributed by atoms with Crippen LogP contribution in [0.3, 0.4) is 0 Å². The maximum Gasteiger partial charge on any atom is 0.307 e. The van der Waals surface area contributed by atoms with Crippen molar-refractivity contribution in [1.29, 1.82) is 0 Å². The van der Waals surface area contributed by atoms with Crippen molar-refractivity contribution >= 4 is 11.9 Å². The largest absolute Gasteiger partial charge is 0.481 e. The van der Waals surface area contributed by atoms with Crippen LogP contribution in [0.4, 0.5) is 0 Å². The summed E-state index contributed by atoms with van der Waals surface area (Å²) in [5.74, 6) is -1.57. The van der Waals surface area contributed by atoms with Crippen molar-refractivity contribution in [3.05, 3.63) is 12.7 Å². The average Bonchev–Trinajstić information content (AvgIpc) is 3.03. The van der Waals surface area contributed by atoms with Gasteiger partial charge in [0.25, 0.3) is 0 Å². The molecular formula is C16H28O4. The Morgan fingerprint density at radius 2 is 2.15 bits per heavy atom. The predicted molar refractivity (Wildman–Crippen MR) is 79.3 cm³/mol. The van der Waals surface area contributed by atoms with Gasteiger partial charge in [0.15, 0.2) is 0 Å². The maximum atomic E-state index is 11.8. The lowest BCUT2D eigenvalue weighted by Gasteiger charge is -2.26. The lowest BCUT2D eigenvalue weighted by Crippen LogP contribution is -2.31. The van der Waals surface area contributed by atoms with Gasteiger partial charge in [-0.3, -0.25) is 9.59 Å². The van der Waals surface area contributed by atoms with Crippen molar-refractivity contribution < 1.29 is 20.9 Å². The van der Waals surface area contributed by atoms with E-state index in [0.717, 1.165) is 25.7 Å². The summed E-state index contributed by atoms with van der Waals surface area (Å²) in [6, 6.07) is 0. The molecule has 116 valence electrons. The average molecular weight is 285 g/mol. The topological polar surface area (TPSA) is 63.6 Å². The molecule has 0 aliphatic heterocycles. The molecule has 1 N–H and O–H groups in total. The number of carbonyl (C=O) groups is 2. The molecule has 0 radical (unpaired) electrons. The molecule has 0 aromatic carbocycles. The Morgan fingerprint density at radius 3 is 2.65 bits per heavy atom. The number of rotatable bonds is 8. The molecule has 1 aliphatic carbocycles. The highest BCUT2D eigenvalue weighted by Gasteiger charge is 2.41. The Morgan fingerprint density at radius 1 is 1.50 bits per heavy atom. The van der Waals surface area contributed by atoms with E-state index in [4.69, 9.17) is 4.74 Å². The number of aliphatic carboxylic acids is 1. The normalized spacial score (nSPS) is 22.9. The van der Waals surface area contributed by atoms with Gasteiger partial charge in [0.2, 0.25) is 0 Å². The second kappa shape index (κ2) is 6.91. The summed E-state index contributed by atoms with van der Waals surface area (Å²) >= 11 is 0. The van der Waals surface area contributed by atoms with Crippen LogP contribution in [0.1, 0.15) is 54.3 Å². The first-order valence-electron chi connectivity index (χ1n) is 7.29. The zero-order chi connectivity index (χ0) is 15.3. The molecule has 1 fully saturated rings. The Kier molecular flexibility index (Phi) is 5.78. The van der Waals surface area contributed by atoms with E-state index in [1.165, 1.54) is 0 Å². The summed E-state index contributed by atoms with van der Waals surface area (Å²) in [7, 11) is 0. The number of ether oxygens (including phenoxy) is 1. The van der Waals surface area contributed by atoms with Gasteiger partial charge in [-0.1, -0.05) is 26.8 Å². The number of hydrogen-bond acceptors (Lipinski definition) is 3. The van der Waals surface area contributed by atoms with Crippen molar-refractivity contribution in [3.63, 3.8) is 0 Å². The molecule has 1 rings (SSSR count). The van der Waals surface area contributed by atoms with Crippen molar-refractivity contribution in [2.75, 3.05) is 0 Å². The van der Waals surface area contributed by atoms with Crippen LogP contribution in [0.5, 0.6) is 0 Å². The van der Waals surface area contributed by atoms with Crippen molar-refractivity contribution in [3.8, 4) is 0 Å². The van der Waals surface area contributed by atoms with Gasteiger partial charge < -0.3 is 9.84 Å². The number of carboxylic acids is 1. The number of esters is 1. The molecule has 0 bridgehead atoms. The number of hydrogen-bond donors (Lipinski definition) is 1. The van der Waals surface area contributed by atoms with Crippen LogP contribution < -0.4 is 0 Å². The van der Waals surface area contributed by atoms with Crippen molar-refractivity contribution in [2.45, 2.75) is 59.0 Å². The molecule has 20 heavy (non-hydrogen) atoms. The molecule has 1 aliphatic rings. The van der Waals surface area contributed by atoms with Gasteiger partial charge >= 0.3 is 11.9 Å². The maximum absolute atomic E-state index is 11.8. The molecule has 4 heteroatoms. The highest BCUT2D eigenvalue weighted by atomic mass is 16.5. The van der Waals surface area contributed by atoms with Crippen LogP contribution in [0.2, 0.25) is 0 Å². The molecular weight excluding hydrogens is 256 g/mol. The van der Waals surface area contributed by atoms with Gasteiger partial charge in [-0.05, 0) is 37.0 Å². The van der Waals surface area contributed by atoms with E-state index in [0.29, 0.717) is 5.92 Å². The van der Waals surface area contributed by atoms with Gasteiger partial charge in [-0.15, -0.1) is 6.58 Å². The first-order chi connectivity index (χ1) is 9.25. The smallest absolute Gasteiger partial charge is 0.307 e. The summed E-state index contributed by atoms with van der Waals surface area (Å²) in [6.45, 7) is 9.16. The van der Waals surface area contributed by atoms with Crippen LogP contribution in [0.25, 0.3) is 0 Å². The minimum atomic E-state index is -0.937. The lowest BCUT2D eigenvalue weighted by atomic mass is 9.79. The molecule has 3 atom stereocenters. The monoisotopic (exact) mass is 285 g/mol. The molecule has 4 nitrogen and oxygen atoms in total. The summed E-state index contributed by atoms with van der Waals surface area (Å²) in [6.07, 6.45) is 5.87. The van der Waals surface area contributed by atoms with Crippen molar-refractivity contribution in [2.24, 2.45) is 17.3 Å². The number of allylic oxidation sites excluding steroid dienone is 1. The second-order valence-corrected chi connectivity index (χ2v) is 6.70. The highest BCUT2D eigenvalue weighted by Crippen LogP contribution is 2.39. The van der Waals surface area contributed by atoms with Crippen molar-refractivity contribution in [1.82, 2.24) is 0 Å². The van der Waals surface area contributed by atoms with Crippen LogP contribution in [0.15, 0.2) is 12.7 Å². The van der Waals surface area contributed by atoms with Crippen LogP contribution >= 0.6 is 0 Å². The summed E-state index contributed by atoms with van der Waals surface area (Å²) < 4.78 is 5.35. The van der Waals surface area contributed by atoms with Crippen LogP contribution in [0, 0.1) is 17.3 Å². The summed E-state index contributed by atoms with van der Waals surface area (Å²) in [5, 5.41) is 9.19. The van der Waals surface area contributed by atoms with E-state index in [2.05, 4.69) is 6.58 Å². The Bertz CT molecular complexity index is 373. The van der Waals surface area contributed by atoms with Crippen LogP contribution in [-0.4, -0.2) is 23.1 Å². The summed E-state index contributed by atoms with van der Waals surface area (Å²) in [4.78, 5) is 23.0. The third-order valence-electron chi connectivity index (χ3n) is 3.84. The molecule has 0 unspecified atom stereocenters. The van der Waals surface area contributed by atoms with E-state index in [1.807, 2.05) is 26.8 Å². The first-order valence-corrected chi connectivity index (χ1v) is 7.29.